The van der Waals surface area contributed by atoms with Gasteiger partial charge in [0.25, 0.3) is 0 Å². The van der Waals surface area contributed by atoms with Crippen molar-refractivity contribution in [3.8, 4) is 0 Å². The van der Waals surface area contributed by atoms with Crippen LogP contribution in [0.3, 0.4) is 0 Å². The molecule has 15 heavy (non-hydrogen) atoms. The van der Waals surface area contributed by atoms with Crippen molar-refractivity contribution >= 4 is 28.5 Å². The van der Waals surface area contributed by atoms with E-state index in [4.69, 9.17) is 16.7 Å². The Hall–Kier alpha value is -1.48. The van der Waals surface area contributed by atoms with Gasteiger partial charge in [-0.15, -0.1) is 0 Å². The van der Waals surface area contributed by atoms with Gasteiger partial charge in [0.05, 0.1) is 10.5 Å². The number of hydrogen-bond acceptors (Lipinski definition) is 1. The Labute approximate surface area is 91.9 Å². The van der Waals surface area contributed by atoms with Gasteiger partial charge in [-0.1, -0.05) is 29.8 Å². The third-order valence-corrected chi connectivity index (χ3v) is 2.94. The number of carbonyl (C=O) groups is 1. The topological polar surface area (TPSA) is 42.2 Å². The molecule has 0 aliphatic rings. The summed E-state index contributed by atoms with van der Waals surface area (Å²) in [5.74, 6) is -1.00. The van der Waals surface area contributed by atoms with E-state index in [0.717, 1.165) is 16.5 Å². The molecule has 2 rings (SSSR count). The predicted molar refractivity (Wildman–Crippen MR) is 59.6 cm³/mol. The Morgan fingerprint density at radius 2 is 2.13 bits per heavy atom. The van der Waals surface area contributed by atoms with Crippen LogP contribution in [0.5, 0.6) is 0 Å². The maximum atomic E-state index is 11.0. The van der Waals surface area contributed by atoms with Crippen molar-refractivity contribution in [2.75, 3.05) is 0 Å². The summed E-state index contributed by atoms with van der Waals surface area (Å²) in [6.45, 7) is 1.93. The van der Waals surface area contributed by atoms with Crippen molar-refractivity contribution in [1.82, 2.24) is 4.57 Å². The lowest BCUT2D eigenvalue weighted by Gasteiger charge is -2.01. The Balaban J connectivity index is 2.98. The molecule has 1 aromatic carbocycles. The zero-order valence-corrected chi connectivity index (χ0v) is 9.17. The largest absolute Gasteiger partial charge is 0.477 e. The minimum absolute atomic E-state index is 0.140. The number of aryl methyl sites for hydroxylation is 2. The molecule has 1 N–H and O–H groups in total. The first-order valence-electron chi connectivity index (χ1n) is 4.51. The first-order chi connectivity index (χ1) is 7.04. The zero-order chi connectivity index (χ0) is 11.2. The Morgan fingerprint density at radius 3 is 2.67 bits per heavy atom. The van der Waals surface area contributed by atoms with Crippen LogP contribution in [0, 0.1) is 6.92 Å². The molecule has 0 bridgehead atoms. The van der Waals surface area contributed by atoms with E-state index in [1.54, 1.807) is 11.6 Å². The molecule has 0 saturated carbocycles. The van der Waals surface area contributed by atoms with Crippen LogP contribution in [0.2, 0.25) is 5.02 Å². The summed E-state index contributed by atoms with van der Waals surface area (Å²) in [7, 11) is 1.71. The second-order valence-electron chi connectivity index (χ2n) is 3.50. The molecule has 0 saturated heterocycles. The molecule has 4 heteroatoms. The molecule has 0 spiro atoms. The quantitative estimate of drug-likeness (QED) is 0.808. The molecule has 1 aromatic heterocycles. The lowest BCUT2D eigenvalue weighted by atomic mass is 10.2. The molecule has 78 valence electrons. The van der Waals surface area contributed by atoms with E-state index in [9.17, 15) is 4.79 Å². The van der Waals surface area contributed by atoms with Gasteiger partial charge in [-0.25, -0.2) is 4.79 Å². The number of carboxylic acid groups (broad SMARTS) is 1. The van der Waals surface area contributed by atoms with Gasteiger partial charge in [0.2, 0.25) is 0 Å². The Kier molecular flexibility index (Phi) is 2.20. The monoisotopic (exact) mass is 223 g/mol. The van der Waals surface area contributed by atoms with Gasteiger partial charge < -0.3 is 9.67 Å². The number of benzene rings is 1. The second kappa shape index (κ2) is 3.28. The number of para-hydroxylation sites is 1. The molecule has 0 atom stereocenters. The molecule has 0 aliphatic heterocycles. The molecule has 0 aliphatic carbocycles. The average molecular weight is 224 g/mol. The van der Waals surface area contributed by atoms with Crippen LogP contribution in [0.15, 0.2) is 18.2 Å². The van der Waals surface area contributed by atoms with E-state index >= 15 is 0 Å². The van der Waals surface area contributed by atoms with Crippen LogP contribution in [0.4, 0.5) is 0 Å². The summed E-state index contributed by atoms with van der Waals surface area (Å²) in [6.07, 6.45) is 0. The number of carboxylic acids is 1. The molecule has 0 unspecified atom stereocenters. The molecule has 1 heterocycles. The lowest BCUT2D eigenvalue weighted by molar-refractivity contribution is 0.0687. The third kappa shape index (κ3) is 1.31. The fourth-order valence-electron chi connectivity index (χ4n) is 1.91. The highest BCUT2D eigenvalue weighted by Gasteiger charge is 2.19. The van der Waals surface area contributed by atoms with Crippen molar-refractivity contribution in [2.24, 2.45) is 7.05 Å². The normalized spacial score (nSPS) is 10.9. The molecular weight excluding hydrogens is 214 g/mol. The second-order valence-corrected chi connectivity index (χ2v) is 3.88. The van der Waals surface area contributed by atoms with Crippen LogP contribution < -0.4 is 0 Å². The number of hydrogen-bond donors (Lipinski definition) is 1. The Morgan fingerprint density at radius 1 is 1.47 bits per heavy atom. The van der Waals surface area contributed by atoms with Gasteiger partial charge in [0.15, 0.2) is 0 Å². The zero-order valence-electron chi connectivity index (χ0n) is 8.41. The van der Waals surface area contributed by atoms with Crippen LogP contribution >= 0.6 is 11.6 Å². The van der Waals surface area contributed by atoms with Crippen molar-refractivity contribution < 1.29 is 9.90 Å². The first kappa shape index (κ1) is 10.1. The van der Waals surface area contributed by atoms with E-state index in [0.29, 0.717) is 5.02 Å². The van der Waals surface area contributed by atoms with E-state index < -0.39 is 5.97 Å². The number of halogens is 1. The van der Waals surface area contributed by atoms with Crippen molar-refractivity contribution in [2.45, 2.75) is 6.92 Å². The van der Waals surface area contributed by atoms with E-state index in [1.807, 2.05) is 25.1 Å². The van der Waals surface area contributed by atoms with Crippen LogP contribution in [-0.2, 0) is 7.05 Å². The van der Waals surface area contributed by atoms with Gasteiger partial charge in [-0.2, -0.15) is 0 Å². The molecular formula is C11H10ClNO2. The van der Waals surface area contributed by atoms with Gasteiger partial charge in [0, 0.05) is 12.4 Å². The fourth-order valence-corrected chi connectivity index (χ4v) is 2.27. The molecule has 0 fully saturated rings. The van der Waals surface area contributed by atoms with Crippen molar-refractivity contribution in [3.63, 3.8) is 0 Å². The maximum absolute atomic E-state index is 11.0. The number of nitrogens with zero attached hydrogens (tertiary/aromatic N) is 1. The van der Waals surface area contributed by atoms with Crippen LogP contribution in [-0.4, -0.2) is 15.6 Å². The van der Waals surface area contributed by atoms with Gasteiger partial charge in [0.1, 0.15) is 5.69 Å². The highest BCUT2D eigenvalue weighted by molar-refractivity contribution is 6.38. The molecule has 0 radical (unpaired) electrons. The van der Waals surface area contributed by atoms with Gasteiger partial charge in [-0.05, 0) is 12.5 Å². The molecule has 0 amide bonds. The number of aromatic carboxylic acids is 1. The standard InChI is InChI=1S/C11H10ClNO2/c1-6-4-3-5-7-8(12)10(11(14)15)13(2)9(6)7/h3-5H,1-2H3,(H,14,15). The van der Waals surface area contributed by atoms with Gasteiger partial charge >= 0.3 is 5.97 Å². The van der Waals surface area contributed by atoms with E-state index in [-0.39, 0.29) is 5.69 Å². The van der Waals surface area contributed by atoms with Gasteiger partial charge in [-0.3, -0.25) is 0 Å². The SMILES string of the molecule is Cc1cccc2c(Cl)c(C(=O)O)n(C)c12. The van der Waals surface area contributed by atoms with Crippen molar-refractivity contribution in [3.05, 3.63) is 34.5 Å². The highest BCUT2D eigenvalue weighted by atomic mass is 35.5. The number of aromatic nitrogens is 1. The van der Waals surface area contributed by atoms with Crippen LogP contribution in [0.25, 0.3) is 10.9 Å². The third-order valence-electron chi connectivity index (χ3n) is 2.56. The molecule has 2 aromatic rings. The van der Waals surface area contributed by atoms with Crippen molar-refractivity contribution in [1.29, 1.82) is 0 Å². The maximum Gasteiger partial charge on any atom is 0.354 e. The molecule has 3 nitrogen and oxygen atoms in total. The smallest absolute Gasteiger partial charge is 0.354 e. The fraction of sp³-hybridized carbons (Fsp3) is 0.182. The van der Waals surface area contributed by atoms with Crippen LogP contribution in [0.1, 0.15) is 16.1 Å². The summed E-state index contributed by atoms with van der Waals surface area (Å²) < 4.78 is 1.62. The highest BCUT2D eigenvalue weighted by Crippen LogP contribution is 2.31. The number of fused-ring (bicyclic) bond motifs is 1. The average Bonchev–Trinajstić information content (AvgIpc) is 2.40. The minimum atomic E-state index is -1.00. The summed E-state index contributed by atoms with van der Waals surface area (Å²) >= 11 is 6.03. The van der Waals surface area contributed by atoms with E-state index in [2.05, 4.69) is 0 Å². The summed E-state index contributed by atoms with van der Waals surface area (Å²) in [5.41, 5.74) is 2.03. The minimum Gasteiger partial charge on any atom is -0.477 e. The lowest BCUT2D eigenvalue weighted by Crippen LogP contribution is -2.04. The first-order valence-corrected chi connectivity index (χ1v) is 4.88. The Bertz CT molecular complexity index is 557. The van der Waals surface area contributed by atoms with E-state index in [1.165, 1.54) is 0 Å². The summed E-state index contributed by atoms with van der Waals surface area (Å²) in [5, 5.41) is 10.1. The number of rotatable bonds is 1. The summed E-state index contributed by atoms with van der Waals surface area (Å²) in [4.78, 5) is 11.0. The summed E-state index contributed by atoms with van der Waals surface area (Å²) in [6, 6.07) is 5.64. The predicted octanol–water partition coefficient (Wildman–Crippen LogP) is 2.84.